The molecule has 1 saturated carbocycles. The van der Waals surface area contributed by atoms with Crippen molar-refractivity contribution in [3.05, 3.63) is 10.5 Å². The predicted octanol–water partition coefficient (Wildman–Crippen LogP) is 2.27. The number of halogens is 1. The van der Waals surface area contributed by atoms with Gasteiger partial charge in [0, 0.05) is 5.38 Å². The van der Waals surface area contributed by atoms with Crippen LogP contribution in [0.4, 0.5) is 0 Å². The molecule has 1 aliphatic rings. The van der Waals surface area contributed by atoms with Gasteiger partial charge in [-0.25, -0.2) is 9.67 Å². The fourth-order valence-corrected chi connectivity index (χ4v) is 3.10. The maximum Gasteiger partial charge on any atom is 0.216 e. The molecule has 0 aliphatic heterocycles. The molecule has 15 heavy (non-hydrogen) atoms. The summed E-state index contributed by atoms with van der Waals surface area (Å²) >= 11 is 8.70. The number of nitrogens with zero attached hydrogens (tertiary/aromatic N) is 5. The third kappa shape index (κ3) is 1.99. The Kier molecular flexibility index (Phi) is 2.38. The standard InChI is InChI=1S/C7H6ClN5S2/c8-5-3-14-7(9-5)15-6-10-11-12-13(6)4-1-2-4/h3-4H,1-2H2. The summed E-state index contributed by atoms with van der Waals surface area (Å²) < 4.78 is 2.73. The van der Waals surface area contributed by atoms with Crippen LogP contribution in [0.2, 0.25) is 5.15 Å². The van der Waals surface area contributed by atoms with E-state index in [2.05, 4.69) is 20.5 Å². The quantitative estimate of drug-likeness (QED) is 0.846. The van der Waals surface area contributed by atoms with E-state index in [1.165, 1.54) is 23.1 Å². The van der Waals surface area contributed by atoms with E-state index in [4.69, 9.17) is 11.6 Å². The third-order valence-corrected chi connectivity index (χ3v) is 4.20. The molecule has 0 aromatic carbocycles. The molecule has 5 nitrogen and oxygen atoms in total. The molecule has 1 fully saturated rings. The van der Waals surface area contributed by atoms with Crippen molar-refractivity contribution in [3.63, 3.8) is 0 Å². The van der Waals surface area contributed by atoms with Crippen molar-refractivity contribution >= 4 is 34.7 Å². The summed E-state index contributed by atoms with van der Waals surface area (Å²) in [5.41, 5.74) is 0. The summed E-state index contributed by atoms with van der Waals surface area (Å²) in [6.07, 6.45) is 2.33. The molecule has 0 N–H and O–H groups in total. The van der Waals surface area contributed by atoms with Crippen molar-refractivity contribution in [2.24, 2.45) is 0 Å². The Labute approximate surface area is 98.8 Å². The van der Waals surface area contributed by atoms with E-state index in [1.54, 1.807) is 5.38 Å². The van der Waals surface area contributed by atoms with Crippen molar-refractivity contribution in [1.29, 1.82) is 0 Å². The van der Waals surface area contributed by atoms with Gasteiger partial charge in [-0.2, -0.15) is 0 Å². The second-order valence-electron chi connectivity index (χ2n) is 3.18. The minimum absolute atomic E-state index is 0.484. The number of hydrogen-bond acceptors (Lipinski definition) is 6. The first-order chi connectivity index (χ1) is 7.33. The molecule has 78 valence electrons. The van der Waals surface area contributed by atoms with Crippen LogP contribution in [0.15, 0.2) is 14.9 Å². The van der Waals surface area contributed by atoms with Gasteiger partial charge in [0.15, 0.2) is 4.34 Å². The second kappa shape index (κ2) is 3.73. The van der Waals surface area contributed by atoms with Crippen molar-refractivity contribution in [3.8, 4) is 0 Å². The second-order valence-corrected chi connectivity index (χ2v) is 5.64. The number of thiazole rings is 1. The van der Waals surface area contributed by atoms with Crippen molar-refractivity contribution in [1.82, 2.24) is 25.2 Å². The van der Waals surface area contributed by atoms with Crippen molar-refractivity contribution in [2.75, 3.05) is 0 Å². The molecule has 3 rings (SSSR count). The highest BCUT2D eigenvalue weighted by atomic mass is 35.5. The fourth-order valence-electron chi connectivity index (χ4n) is 1.16. The average Bonchev–Trinajstić information content (AvgIpc) is 2.83. The van der Waals surface area contributed by atoms with Crippen LogP contribution in [-0.2, 0) is 0 Å². The SMILES string of the molecule is Clc1csc(Sc2nnnn2C2CC2)n1. The Balaban J connectivity index is 1.84. The summed E-state index contributed by atoms with van der Waals surface area (Å²) in [6.45, 7) is 0. The molecule has 0 saturated heterocycles. The lowest BCUT2D eigenvalue weighted by Crippen LogP contribution is -1.98. The van der Waals surface area contributed by atoms with Gasteiger partial charge in [0.1, 0.15) is 5.15 Å². The summed E-state index contributed by atoms with van der Waals surface area (Å²) in [6, 6.07) is 0.484. The predicted molar refractivity (Wildman–Crippen MR) is 57.3 cm³/mol. The minimum atomic E-state index is 0.484. The molecule has 0 radical (unpaired) electrons. The summed E-state index contributed by atoms with van der Waals surface area (Å²) in [5.74, 6) is 0. The highest BCUT2D eigenvalue weighted by molar-refractivity contribution is 8.00. The van der Waals surface area contributed by atoms with Crippen LogP contribution in [-0.4, -0.2) is 25.2 Å². The van der Waals surface area contributed by atoms with Gasteiger partial charge in [0.05, 0.1) is 6.04 Å². The lowest BCUT2D eigenvalue weighted by Gasteiger charge is -1.98. The first-order valence-corrected chi connectivity index (χ1v) is 6.47. The zero-order chi connectivity index (χ0) is 10.3. The smallest absolute Gasteiger partial charge is 0.216 e. The van der Waals surface area contributed by atoms with Crippen LogP contribution in [0, 0.1) is 0 Å². The van der Waals surface area contributed by atoms with E-state index >= 15 is 0 Å². The van der Waals surface area contributed by atoms with E-state index < -0.39 is 0 Å². The van der Waals surface area contributed by atoms with Crippen LogP contribution in [0.1, 0.15) is 18.9 Å². The largest absolute Gasteiger partial charge is 0.217 e. The van der Waals surface area contributed by atoms with Crippen molar-refractivity contribution < 1.29 is 0 Å². The molecule has 0 bridgehead atoms. The number of tetrazole rings is 1. The highest BCUT2D eigenvalue weighted by Gasteiger charge is 2.28. The Bertz CT molecular complexity index is 477. The molecule has 8 heteroatoms. The normalized spacial score (nSPS) is 15.8. The topological polar surface area (TPSA) is 56.5 Å². The molecular weight excluding hydrogens is 254 g/mol. The monoisotopic (exact) mass is 259 g/mol. The Morgan fingerprint density at radius 1 is 1.53 bits per heavy atom. The maximum absolute atomic E-state index is 5.74. The molecule has 2 aromatic heterocycles. The summed E-state index contributed by atoms with van der Waals surface area (Å²) in [5, 5.41) is 14.7. The van der Waals surface area contributed by atoms with E-state index in [-0.39, 0.29) is 0 Å². The van der Waals surface area contributed by atoms with Crippen LogP contribution in [0.5, 0.6) is 0 Å². The number of hydrogen-bond donors (Lipinski definition) is 0. The lowest BCUT2D eigenvalue weighted by atomic mass is 10.7. The zero-order valence-corrected chi connectivity index (χ0v) is 9.89. The molecule has 0 spiro atoms. The van der Waals surface area contributed by atoms with Gasteiger partial charge in [-0.05, 0) is 35.0 Å². The summed E-state index contributed by atoms with van der Waals surface area (Å²) in [7, 11) is 0. The van der Waals surface area contributed by atoms with E-state index in [0.717, 1.165) is 22.3 Å². The van der Waals surface area contributed by atoms with Gasteiger partial charge in [0.2, 0.25) is 5.16 Å². The van der Waals surface area contributed by atoms with Gasteiger partial charge in [0.25, 0.3) is 0 Å². The average molecular weight is 260 g/mol. The van der Waals surface area contributed by atoms with E-state index in [0.29, 0.717) is 11.2 Å². The van der Waals surface area contributed by atoms with Gasteiger partial charge in [-0.1, -0.05) is 11.6 Å². The van der Waals surface area contributed by atoms with E-state index in [9.17, 15) is 0 Å². The molecule has 0 atom stereocenters. The van der Waals surface area contributed by atoms with Gasteiger partial charge in [-0.3, -0.25) is 0 Å². The Hall–Kier alpha value is -0.660. The third-order valence-electron chi connectivity index (χ3n) is 1.99. The minimum Gasteiger partial charge on any atom is -0.217 e. The molecule has 1 aliphatic carbocycles. The van der Waals surface area contributed by atoms with Gasteiger partial charge < -0.3 is 0 Å². The van der Waals surface area contributed by atoms with E-state index in [1.807, 2.05) is 4.68 Å². The molecule has 2 aromatic rings. The zero-order valence-electron chi connectivity index (χ0n) is 7.50. The van der Waals surface area contributed by atoms with Crippen molar-refractivity contribution in [2.45, 2.75) is 28.4 Å². The van der Waals surface area contributed by atoms with Gasteiger partial charge >= 0.3 is 0 Å². The lowest BCUT2D eigenvalue weighted by molar-refractivity contribution is 0.565. The Morgan fingerprint density at radius 2 is 2.40 bits per heavy atom. The first-order valence-electron chi connectivity index (χ1n) is 4.39. The number of aromatic nitrogens is 5. The molecule has 2 heterocycles. The highest BCUT2D eigenvalue weighted by Crippen LogP contribution is 2.38. The summed E-state index contributed by atoms with van der Waals surface area (Å²) in [4.78, 5) is 4.14. The molecular formula is C7H6ClN5S2. The van der Waals surface area contributed by atoms with Crippen LogP contribution >= 0.6 is 34.7 Å². The van der Waals surface area contributed by atoms with Crippen LogP contribution in [0.3, 0.4) is 0 Å². The van der Waals surface area contributed by atoms with Crippen LogP contribution in [0.25, 0.3) is 0 Å². The van der Waals surface area contributed by atoms with Gasteiger partial charge in [-0.15, -0.1) is 16.4 Å². The molecule has 0 unspecified atom stereocenters. The van der Waals surface area contributed by atoms with Crippen LogP contribution < -0.4 is 0 Å². The number of rotatable bonds is 3. The fraction of sp³-hybridized carbons (Fsp3) is 0.429. The first kappa shape index (κ1) is 9.56. The Morgan fingerprint density at radius 3 is 3.07 bits per heavy atom. The maximum atomic E-state index is 5.74. The molecule has 0 amide bonds.